The van der Waals surface area contributed by atoms with Crippen molar-refractivity contribution in [1.82, 2.24) is 5.32 Å². The van der Waals surface area contributed by atoms with Gasteiger partial charge in [-0.2, -0.15) is 0 Å². The van der Waals surface area contributed by atoms with E-state index in [-0.39, 0.29) is 5.92 Å². The van der Waals surface area contributed by atoms with E-state index in [1.54, 1.807) is 12.1 Å². The Bertz CT molecular complexity index is 829. The molecular weight excluding hydrogens is 346 g/mol. The zero-order valence-corrected chi connectivity index (χ0v) is 16.6. The normalized spacial score (nSPS) is 13.1. The van der Waals surface area contributed by atoms with Crippen LogP contribution in [0.2, 0.25) is 0 Å². The van der Waals surface area contributed by atoms with Crippen molar-refractivity contribution in [3.63, 3.8) is 0 Å². The monoisotopic (exact) mass is 375 g/mol. The molecule has 0 aliphatic heterocycles. The minimum Gasteiger partial charge on any atom is -0.508 e. The molecule has 0 aliphatic rings. The first-order chi connectivity index (χ1) is 13.7. The van der Waals surface area contributed by atoms with E-state index in [2.05, 4.69) is 66.8 Å². The number of ether oxygens (including phenoxy) is 1. The standard InChI is InChI=1S/C25H29NO2/c1-3-24(19-7-5-4-6-8-19)25(20-9-13-22(27)14-10-20)21-11-15-23(16-12-21)28-18-17-26-2/h4-16,24-27H,3,17-18H2,1-2H3. The molecule has 3 rings (SSSR count). The molecule has 3 aromatic rings. The van der Waals surface area contributed by atoms with E-state index in [1.807, 2.05) is 19.2 Å². The Morgan fingerprint density at radius 1 is 0.821 bits per heavy atom. The first-order valence-electron chi connectivity index (χ1n) is 9.94. The Kier molecular flexibility index (Phi) is 7.10. The number of hydrogen-bond donors (Lipinski definition) is 2. The molecule has 3 aromatic carbocycles. The van der Waals surface area contributed by atoms with E-state index in [0.717, 1.165) is 18.7 Å². The molecular formula is C25H29NO2. The fourth-order valence-electron chi connectivity index (χ4n) is 3.75. The Hall–Kier alpha value is -2.78. The third-order valence-electron chi connectivity index (χ3n) is 5.18. The molecule has 0 radical (unpaired) electrons. The molecule has 0 saturated heterocycles. The van der Waals surface area contributed by atoms with E-state index < -0.39 is 0 Å². The second-order valence-electron chi connectivity index (χ2n) is 7.02. The van der Waals surface area contributed by atoms with Crippen LogP contribution < -0.4 is 10.1 Å². The highest BCUT2D eigenvalue weighted by molar-refractivity contribution is 5.41. The summed E-state index contributed by atoms with van der Waals surface area (Å²) in [4.78, 5) is 0. The molecule has 0 bridgehead atoms. The summed E-state index contributed by atoms with van der Waals surface area (Å²) in [5.41, 5.74) is 3.79. The third-order valence-corrected chi connectivity index (χ3v) is 5.18. The van der Waals surface area contributed by atoms with Crippen LogP contribution in [-0.2, 0) is 0 Å². The number of hydrogen-bond acceptors (Lipinski definition) is 3. The zero-order valence-electron chi connectivity index (χ0n) is 16.6. The van der Waals surface area contributed by atoms with Gasteiger partial charge in [0.15, 0.2) is 0 Å². The zero-order chi connectivity index (χ0) is 19.8. The second-order valence-corrected chi connectivity index (χ2v) is 7.02. The fourth-order valence-corrected chi connectivity index (χ4v) is 3.75. The average Bonchev–Trinajstić information content (AvgIpc) is 2.74. The predicted molar refractivity (Wildman–Crippen MR) is 115 cm³/mol. The van der Waals surface area contributed by atoms with Crippen LogP contribution in [0.25, 0.3) is 0 Å². The molecule has 146 valence electrons. The maximum atomic E-state index is 9.74. The maximum Gasteiger partial charge on any atom is 0.119 e. The van der Waals surface area contributed by atoms with Gasteiger partial charge in [0.05, 0.1) is 0 Å². The van der Waals surface area contributed by atoms with Crippen LogP contribution in [0.5, 0.6) is 11.5 Å². The first kappa shape index (κ1) is 20.0. The number of phenols is 1. The van der Waals surface area contributed by atoms with Gasteiger partial charge in [0.1, 0.15) is 18.1 Å². The third kappa shape index (κ3) is 4.93. The number of rotatable bonds is 9. The molecule has 0 amide bonds. The van der Waals surface area contributed by atoms with Gasteiger partial charge in [-0.25, -0.2) is 0 Å². The minimum atomic E-state index is 0.208. The number of phenolic OH excluding ortho intramolecular Hbond substituents is 1. The lowest BCUT2D eigenvalue weighted by molar-refractivity contribution is 0.318. The van der Waals surface area contributed by atoms with Crippen LogP contribution >= 0.6 is 0 Å². The van der Waals surface area contributed by atoms with Crippen molar-refractivity contribution in [2.75, 3.05) is 20.2 Å². The summed E-state index contributed by atoms with van der Waals surface area (Å²) in [6.45, 7) is 3.71. The number of likely N-dealkylation sites (N-methyl/N-ethyl adjacent to an activating group) is 1. The highest BCUT2D eigenvalue weighted by atomic mass is 16.5. The molecule has 28 heavy (non-hydrogen) atoms. The highest BCUT2D eigenvalue weighted by Gasteiger charge is 2.25. The van der Waals surface area contributed by atoms with Gasteiger partial charge < -0.3 is 15.2 Å². The molecule has 0 fully saturated rings. The van der Waals surface area contributed by atoms with Crippen LogP contribution in [0.1, 0.15) is 41.9 Å². The summed E-state index contributed by atoms with van der Waals surface area (Å²) in [6, 6.07) is 26.7. The predicted octanol–water partition coefficient (Wildman–Crippen LogP) is 5.32. The van der Waals surface area contributed by atoms with Crippen molar-refractivity contribution >= 4 is 0 Å². The average molecular weight is 376 g/mol. The Morgan fingerprint density at radius 2 is 1.43 bits per heavy atom. The Morgan fingerprint density at radius 3 is 2.00 bits per heavy atom. The molecule has 2 unspecified atom stereocenters. The van der Waals surface area contributed by atoms with Crippen molar-refractivity contribution in [3.05, 3.63) is 95.6 Å². The number of benzene rings is 3. The molecule has 2 N–H and O–H groups in total. The summed E-state index contributed by atoms with van der Waals surface area (Å²) >= 11 is 0. The summed E-state index contributed by atoms with van der Waals surface area (Å²) in [5.74, 6) is 1.74. The van der Waals surface area contributed by atoms with E-state index in [9.17, 15) is 5.11 Å². The van der Waals surface area contributed by atoms with Crippen molar-refractivity contribution in [1.29, 1.82) is 0 Å². The van der Waals surface area contributed by atoms with Crippen molar-refractivity contribution in [3.8, 4) is 11.5 Å². The van der Waals surface area contributed by atoms with Crippen molar-refractivity contribution < 1.29 is 9.84 Å². The lowest BCUT2D eigenvalue weighted by Gasteiger charge is -2.28. The number of nitrogens with one attached hydrogen (secondary N) is 1. The van der Waals surface area contributed by atoms with Crippen LogP contribution in [-0.4, -0.2) is 25.3 Å². The van der Waals surface area contributed by atoms with E-state index in [1.165, 1.54) is 16.7 Å². The molecule has 3 heteroatoms. The van der Waals surface area contributed by atoms with Crippen molar-refractivity contribution in [2.45, 2.75) is 25.2 Å². The molecule has 0 aliphatic carbocycles. The minimum absolute atomic E-state index is 0.208. The fraction of sp³-hybridized carbons (Fsp3) is 0.280. The highest BCUT2D eigenvalue weighted by Crippen LogP contribution is 2.41. The molecule has 0 saturated carbocycles. The summed E-state index contributed by atoms with van der Waals surface area (Å²) in [5, 5.41) is 12.8. The topological polar surface area (TPSA) is 41.5 Å². The van der Waals surface area contributed by atoms with E-state index in [0.29, 0.717) is 18.3 Å². The van der Waals surface area contributed by atoms with E-state index >= 15 is 0 Å². The molecule has 2 atom stereocenters. The van der Waals surface area contributed by atoms with Gasteiger partial charge >= 0.3 is 0 Å². The van der Waals surface area contributed by atoms with Gasteiger partial charge in [0.25, 0.3) is 0 Å². The van der Waals surface area contributed by atoms with Gasteiger partial charge in [-0.15, -0.1) is 0 Å². The summed E-state index contributed by atoms with van der Waals surface area (Å²) in [6.07, 6.45) is 1.02. The van der Waals surface area contributed by atoms with Crippen LogP contribution in [0.4, 0.5) is 0 Å². The molecule has 0 heterocycles. The molecule has 3 nitrogen and oxygen atoms in total. The molecule has 0 spiro atoms. The summed E-state index contributed by atoms with van der Waals surface area (Å²) in [7, 11) is 1.92. The molecule has 0 aromatic heterocycles. The first-order valence-corrected chi connectivity index (χ1v) is 9.94. The van der Waals surface area contributed by atoms with Crippen molar-refractivity contribution in [2.24, 2.45) is 0 Å². The number of aromatic hydroxyl groups is 1. The van der Waals surface area contributed by atoms with Gasteiger partial charge in [0.2, 0.25) is 0 Å². The largest absolute Gasteiger partial charge is 0.508 e. The Labute approximate surface area is 168 Å². The lowest BCUT2D eigenvalue weighted by Crippen LogP contribution is -2.16. The van der Waals surface area contributed by atoms with Gasteiger partial charge in [-0.05, 0) is 60.3 Å². The Balaban J connectivity index is 1.95. The van der Waals surface area contributed by atoms with Crippen LogP contribution in [0.3, 0.4) is 0 Å². The second kappa shape index (κ2) is 9.95. The van der Waals surface area contributed by atoms with Gasteiger partial charge in [-0.1, -0.05) is 61.5 Å². The smallest absolute Gasteiger partial charge is 0.119 e. The van der Waals surface area contributed by atoms with E-state index in [4.69, 9.17) is 4.74 Å². The van der Waals surface area contributed by atoms with Gasteiger partial charge in [0, 0.05) is 12.5 Å². The SMILES string of the molecule is CCC(c1ccccc1)C(c1ccc(O)cc1)c1ccc(OCCNC)cc1. The van der Waals surface area contributed by atoms with Crippen LogP contribution in [0, 0.1) is 0 Å². The quantitative estimate of drug-likeness (QED) is 0.498. The van der Waals surface area contributed by atoms with Crippen LogP contribution in [0.15, 0.2) is 78.9 Å². The van der Waals surface area contributed by atoms with Gasteiger partial charge in [-0.3, -0.25) is 0 Å². The lowest BCUT2D eigenvalue weighted by atomic mass is 9.76. The summed E-state index contributed by atoms with van der Waals surface area (Å²) < 4.78 is 5.78. The maximum absolute atomic E-state index is 9.74.